The maximum atomic E-state index is 12.9. The van der Waals surface area contributed by atoms with Gasteiger partial charge in [-0.1, -0.05) is 6.07 Å². The molecule has 1 aromatic rings. The van der Waals surface area contributed by atoms with Crippen LogP contribution in [0.25, 0.3) is 0 Å². The van der Waals surface area contributed by atoms with Gasteiger partial charge in [0.2, 0.25) is 5.95 Å². The van der Waals surface area contributed by atoms with Gasteiger partial charge in [0.25, 0.3) is 0 Å². The fraction of sp³-hybridized carbons (Fsp3) is 0.545. The van der Waals surface area contributed by atoms with Gasteiger partial charge in [-0.3, -0.25) is 0 Å². The minimum Gasteiger partial charge on any atom is -0.598 e. The van der Waals surface area contributed by atoms with Crippen LogP contribution in [0.5, 0.6) is 0 Å². The number of nitrogens with one attached hydrogen (secondary N) is 1. The van der Waals surface area contributed by atoms with Gasteiger partial charge < -0.3 is 4.55 Å². The second kappa shape index (κ2) is 5.12. The van der Waals surface area contributed by atoms with Crippen molar-refractivity contribution in [2.45, 2.75) is 38.5 Å². The van der Waals surface area contributed by atoms with Gasteiger partial charge in [-0.05, 0) is 39.8 Å². The lowest BCUT2D eigenvalue weighted by atomic mass is 10.2. The zero-order valence-corrected chi connectivity index (χ0v) is 10.8. The average Bonchev–Trinajstić information content (AvgIpc) is 2.16. The summed E-state index contributed by atoms with van der Waals surface area (Å²) < 4.78 is 27.3. The van der Waals surface area contributed by atoms with E-state index in [1.54, 1.807) is 12.1 Å². The van der Waals surface area contributed by atoms with Crippen molar-refractivity contribution in [3.8, 4) is 0 Å². The molecule has 0 spiro atoms. The Kier molecular flexibility index (Phi) is 4.29. The first kappa shape index (κ1) is 13.4. The quantitative estimate of drug-likeness (QED) is 0.655. The first-order chi connectivity index (χ1) is 7.30. The predicted octanol–water partition coefficient (Wildman–Crippen LogP) is 2.33. The lowest BCUT2D eigenvalue weighted by Crippen LogP contribution is -2.40. The standard InChI is InChI=1S/C11H17FN2OS/c1-8(14-16(15)11(2,3)4)9-6-5-7-10(12)13-9/h5-8,14H,1-4H3/t8?,16-/m1/s1. The second-order valence-corrected chi connectivity index (χ2v) is 6.60. The molecule has 16 heavy (non-hydrogen) atoms. The molecule has 0 bridgehead atoms. The van der Waals surface area contributed by atoms with E-state index < -0.39 is 17.3 Å². The van der Waals surface area contributed by atoms with E-state index in [-0.39, 0.29) is 10.8 Å². The zero-order valence-electron chi connectivity index (χ0n) is 9.95. The summed E-state index contributed by atoms with van der Waals surface area (Å²) in [5.74, 6) is -0.521. The number of hydrogen-bond donors (Lipinski definition) is 1. The lowest BCUT2D eigenvalue weighted by Gasteiger charge is -2.26. The van der Waals surface area contributed by atoms with Crippen molar-refractivity contribution < 1.29 is 8.94 Å². The molecule has 0 radical (unpaired) electrons. The third kappa shape index (κ3) is 3.73. The van der Waals surface area contributed by atoms with Crippen molar-refractivity contribution in [1.82, 2.24) is 9.71 Å². The molecule has 1 aromatic heterocycles. The molecule has 0 aliphatic rings. The van der Waals surface area contributed by atoms with Crippen LogP contribution in [-0.2, 0) is 11.4 Å². The molecule has 0 aromatic carbocycles. The number of hydrogen-bond acceptors (Lipinski definition) is 3. The third-order valence-electron chi connectivity index (χ3n) is 2.02. The molecule has 3 nitrogen and oxygen atoms in total. The Morgan fingerprint density at radius 2 is 2.06 bits per heavy atom. The van der Waals surface area contributed by atoms with Gasteiger partial charge in [0.15, 0.2) is 0 Å². The molecule has 0 saturated carbocycles. The van der Waals surface area contributed by atoms with Crippen LogP contribution in [0.2, 0.25) is 0 Å². The van der Waals surface area contributed by atoms with Gasteiger partial charge in [0.05, 0.1) is 11.7 Å². The number of nitrogens with zero attached hydrogens (tertiary/aromatic N) is 1. The number of halogens is 1. The highest BCUT2D eigenvalue weighted by atomic mass is 32.2. The molecule has 0 saturated heterocycles. The lowest BCUT2D eigenvalue weighted by molar-refractivity contribution is 0.522. The Bertz CT molecular complexity index is 354. The van der Waals surface area contributed by atoms with Gasteiger partial charge in [-0.2, -0.15) is 4.39 Å². The van der Waals surface area contributed by atoms with Gasteiger partial charge in [-0.25, -0.2) is 4.98 Å². The van der Waals surface area contributed by atoms with Crippen molar-refractivity contribution in [3.05, 3.63) is 29.8 Å². The number of rotatable bonds is 3. The van der Waals surface area contributed by atoms with Crippen molar-refractivity contribution >= 4 is 11.4 Å². The summed E-state index contributed by atoms with van der Waals surface area (Å²) in [5.41, 5.74) is 0.553. The van der Waals surface area contributed by atoms with E-state index in [1.165, 1.54) is 6.07 Å². The van der Waals surface area contributed by atoms with Gasteiger partial charge in [0, 0.05) is 11.4 Å². The monoisotopic (exact) mass is 244 g/mol. The van der Waals surface area contributed by atoms with E-state index >= 15 is 0 Å². The summed E-state index contributed by atoms with van der Waals surface area (Å²) in [4.78, 5) is 3.74. The van der Waals surface area contributed by atoms with Crippen LogP contribution in [0.3, 0.4) is 0 Å². The zero-order chi connectivity index (χ0) is 12.3. The van der Waals surface area contributed by atoms with Crippen LogP contribution >= 0.6 is 0 Å². The molecular weight excluding hydrogens is 227 g/mol. The van der Waals surface area contributed by atoms with Crippen LogP contribution in [0.15, 0.2) is 18.2 Å². The molecule has 0 aliphatic heterocycles. The van der Waals surface area contributed by atoms with Gasteiger partial charge in [-0.15, -0.1) is 4.72 Å². The van der Waals surface area contributed by atoms with Crippen molar-refractivity contribution in [3.63, 3.8) is 0 Å². The van der Waals surface area contributed by atoms with E-state index in [4.69, 9.17) is 0 Å². The van der Waals surface area contributed by atoms with E-state index in [2.05, 4.69) is 9.71 Å². The normalized spacial score (nSPS) is 15.9. The first-order valence-electron chi connectivity index (χ1n) is 5.11. The Hall–Kier alpha value is -0.650. The Labute approximate surface area is 98.8 Å². The van der Waals surface area contributed by atoms with E-state index in [9.17, 15) is 8.94 Å². The van der Waals surface area contributed by atoms with Crippen LogP contribution in [0, 0.1) is 5.95 Å². The summed E-state index contributed by atoms with van der Waals surface area (Å²) >= 11 is -1.19. The molecule has 0 aliphatic carbocycles. The van der Waals surface area contributed by atoms with Crippen molar-refractivity contribution in [2.24, 2.45) is 0 Å². The Morgan fingerprint density at radius 1 is 1.44 bits per heavy atom. The minimum absolute atomic E-state index is 0.240. The molecule has 1 N–H and O–H groups in total. The van der Waals surface area contributed by atoms with Crippen LogP contribution in [-0.4, -0.2) is 14.3 Å². The topological polar surface area (TPSA) is 48.0 Å². The fourth-order valence-electron chi connectivity index (χ4n) is 1.06. The summed E-state index contributed by atoms with van der Waals surface area (Å²) in [6.45, 7) is 7.44. The van der Waals surface area contributed by atoms with Crippen molar-refractivity contribution in [2.75, 3.05) is 0 Å². The summed E-state index contributed by atoms with van der Waals surface area (Å²) in [7, 11) is 0. The highest BCUT2D eigenvalue weighted by Gasteiger charge is 2.28. The average molecular weight is 244 g/mol. The molecule has 0 amide bonds. The van der Waals surface area contributed by atoms with E-state index in [1.807, 2.05) is 27.7 Å². The molecule has 1 heterocycles. The molecule has 5 heteroatoms. The van der Waals surface area contributed by atoms with Crippen LogP contribution < -0.4 is 4.72 Å². The fourth-order valence-corrected chi connectivity index (χ4v) is 1.86. The smallest absolute Gasteiger partial charge is 0.213 e. The molecule has 1 unspecified atom stereocenters. The number of aromatic nitrogens is 1. The van der Waals surface area contributed by atoms with Crippen LogP contribution in [0.4, 0.5) is 4.39 Å². The second-order valence-electron chi connectivity index (χ2n) is 4.61. The molecule has 2 atom stereocenters. The predicted molar refractivity (Wildman–Crippen MR) is 63.6 cm³/mol. The minimum atomic E-state index is -1.19. The van der Waals surface area contributed by atoms with Crippen LogP contribution in [0.1, 0.15) is 39.4 Å². The highest BCUT2D eigenvalue weighted by Crippen LogP contribution is 2.18. The molecule has 1 rings (SSSR count). The summed E-state index contributed by atoms with van der Waals surface area (Å²) in [5, 5.41) is 0. The molecular formula is C11H17FN2OS. The maximum Gasteiger partial charge on any atom is 0.213 e. The third-order valence-corrected chi connectivity index (χ3v) is 3.70. The molecule has 0 fully saturated rings. The number of pyridine rings is 1. The summed E-state index contributed by atoms with van der Waals surface area (Å²) in [6.07, 6.45) is 0. The van der Waals surface area contributed by atoms with Crippen molar-refractivity contribution in [1.29, 1.82) is 0 Å². The maximum absolute atomic E-state index is 12.9. The van der Waals surface area contributed by atoms with E-state index in [0.29, 0.717) is 5.69 Å². The Balaban J connectivity index is 2.69. The SMILES string of the molecule is CC(N[S@+]([O-])C(C)(C)C)c1cccc(F)n1. The van der Waals surface area contributed by atoms with Gasteiger partial charge in [0.1, 0.15) is 4.75 Å². The molecule has 90 valence electrons. The largest absolute Gasteiger partial charge is 0.598 e. The first-order valence-corrected chi connectivity index (χ1v) is 6.26. The highest BCUT2D eigenvalue weighted by molar-refractivity contribution is 7.90. The summed E-state index contributed by atoms with van der Waals surface area (Å²) in [6, 6.07) is 4.35. The van der Waals surface area contributed by atoms with Gasteiger partial charge >= 0.3 is 0 Å². The van der Waals surface area contributed by atoms with E-state index in [0.717, 1.165) is 0 Å². The Morgan fingerprint density at radius 3 is 2.56 bits per heavy atom.